The van der Waals surface area contributed by atoms with Crippen molar-refractivity contribution in [1.82, 2.24) is 0 Å². The molecule has 1 atom stereocenters. The maximum Gasteiger partial charge on any atom is 0.269 e. The van der Waals surface area contributed by atoms with E-state index in [0.717, 1.165) is 21.3 Å². The zero-order valence-electron chi connectivity index (χ0n) is 14.8. The van der Waals surface area contributed by atoms with Crippen LogP contribution in [0.4, 0.5) is 11.4 Å². The first-order chi connectivity index (χ1) is 13.6. The van der Waals surface area contributed by atoms with E-state index in [1.165, 1.54) is 12.1 Å². The van der Waals surface area contributed by atoms with Gasteiger partial charge >= 0.3 is 0 Å². The molecule has 7 heteroatoms. The van der Waals surface area contributed by atoms with Crippen molar-refractivity contribution in [2.75, 3.05) is 5.32 Å². The summed E-state index contributed by atoms with van der Waals surface area (Å²) in [5, 5.41) is 27.3. The maximum absolute atomic E-state index is 10.9. The van der Waals surface area contributed by atoms with Gasteiger partial charge in [0.05, 0.1) is 16.7 Å². The molecule has 0 saturated heterocycles. The number of nitrogens with zero attached hydrogens (tertiary/aromatic N) is 2. The van der Waals surface area contributed by atoms with Crippen molar-refractivity contribution in [3.8, 4) is 0 Å². The first kappa shape index (κ1) is 19.6. The Hall–Kier alpha value is -3.19. The summed E-state index contributed by atoms with van der Waals surface area (Å²) in [7, 11) is 0. The minimum atomic E-state index is -0.428. The molecule has 0 aliphatic carbocycles. The summed E-state index contributed by atoms with van der Waals surface area (Å²) in [5.41, 5.74) is 3.15. The standard InChI is InChI=1S/C21H18BrN3O3/c22-17-8-6-16(7-9-17)21(24-26)14-20(15-4-2-1-3-5-15)23-18-10-12-19(13-11-18)25(27)28/h1-13,20,23,26H,14H2/b24-21+. The summed E-state index contributed by atoms with van der Waals surface area (Å²) in [6, 6.07) is 23.4. The Kier molecular flexibility index (Phi) is 6.39. The number of oxime groups is 1. The number of nitrogens with one attached hydrogen (secondary N) is 1. The lowest BCUT2D eigenvalue weighted by Gasteiger charge is -2.21. The van der Waals surface area contributed by atoms with Crippen LogP contribution in [0.5, 0.6) is 0 Å². The van der Waals surface area contributed by atoms with E-state index in [2.05, 4.69) is 26.4 Å². The topological polar surface area (TPSA) is 87.8 Å². The minimum absolute atomic E-state index is 0.0364. The van der Waals surface area contributed by atoms with Crippen molar-refractivity contribution < 1.29 is 10.1 Å². The van der Waals surface area contributed by atoms with Gasteiger partial charge in [0.2, 0.25) is 0 Å². The predicted octanol–water partition coefficient (Wildman–Crippen LogP) is 5.78. The molecule has 0 heterocycles. The van der Waals surface area contributed by atoms with Crippen LogP contribution in [0.1, 0.15) is 23.6 Å². The van der Waals surface area contributed by atoms with Crippen molar-refractivity contribution >= 4 is 33.0 Å². The summed E-state index contributed by atoms with van der Waals surface area (Å²) in [4.78, 5) is 10.4. The zero-order valence-corrected chi connectivity index (χ0v) is 16.4. The molecule has 0 aromatic heterocycles. The molecular weight excluding hydrogens is 422 g/mol. The van der Waals surface area contributed by atoms with Gasteiger partial charge in [0.1, 0.15) is 0 Å². The van der Waals surface area contributed by atoms with E-state index in [9.17, 15) is 15.3 Å². The van der Waals surface area contributed by atoms with Crippen molar-refractivity contribution in [1.29, 1.82) is 0 Å². The van der Waals surface area contributed by atoms with Gasteiger partial charge in [0.15, 0.2) is 0 Å². The lowest BCUT2D eigenvalue weighted by Crippen LogP contribution is -2.16. The Morgan fingerprint density at radius 2 is 1.68 bits per heavy atom. The highest BCUT2D eigenvalue weighted by Crippen LogP contribution is 2.26. The molecule has 142 valence electrons. The van der Waals surface area contributed by atoms with Gasteiger partial charge in [-0.1, -0.05) is 63.6 Å². The van der Waals surface area contributed by atoms with Gasteiger partial charge in [-0.3, -0.25) is 10.1 Å². The number of benzene rings is 3. The van der Waals surface area contributed by atoms with Crippen LogP contribution in [0.15, 0.2) is 88.5 Å². The van der Waals surface area contributed by atoms with Gasteiger partial charge < -0.3 is 10.5 Å². The second-order valence-electron chi connectivity index (χ2n) is 6.17. The van der Waals surface area contributed by atoms with E-state index in [4.69, 9.17) is 0 Å². The van der Waals surface area contributed by atoms with Crippen molar-refractivity contribution in [3.63, 3.8) is 0 Å². The molecule has 1 unspecified atom stereocenters. The smallest absolute Gasteiger partial charge is 0.269 e. The molecule has 0 aliphatic heterocycles. The van der Waals surface area contributed by atoms with Crippen LogP contribution in [0.3, 0.4) is 0 Å². The number of non-ortho nitro benzene ring substituents is 1. The van der Waals surface area contributed by atoms with Crippen LogP contribution in [0.2, 0.25) is 0 Å². The maximum atomic E-state index is 10.9. The van der Waals surface area contributed by atoms with Crippen LogP contribution in [-0.4, -0.2) is 15.8 Å². The van der Waals surface area contributed by atoms with E-state index in [1.54, 1.807) is 12.1 Å². The van der Waals surface area contributed by atoms with Gasteiger partial charge in [0, 0.05) is 28.7 Å². The van der Waals surface area contributed by atoms with Crippen molar-refractivity contribution in [2.24, 2.45) is 5.16 Å². The molecule has 0 bridgehead atoms. The summed E-state index contributed by atoms with van der Waals surface area (Å²) in [6.45, 7) is 0. The number of hydrogen-bond acceptors (Lipinski definition) is 5. The second-order valence-corrected chi connectivity index (χ2v) is 7.08. The summed E-state index contributed by atoms with van der Waals surface area (Å²) < 4.78 is 0.942. The molecule has 3 aromatic rings. The Morgan fingerprint density at radius 3 is 2.25 bits per heavy atom. The van der Waals surface area contributed by atoms with Crippen molar-refractivity contribution in [2.45, 2.75) is 12.5 Å². The SMILES string of the molecule is O=[N+]([O-])c1ccc(NC(C/C(=N\O)c2ccc(Br)cc2)c2ccccc2)cc1. The monoisotopic (exact) mass is 439 g/mol. The zero-order chi connectivity index (χ0) is 19.9. The van der Waals surface area contributed by atoms with Gasteiger partial charge in [0.25, 0.3) is 5.69 Å². The third-order valence-corrected chi connectivity index (χ3v) is 4.85. The first-order valence-electron chi connectivity index (χ1n) is 8.59. The highest BCUT2D eigenvalue weighted by molar-refractivity contribution is 9.10. The quantitative estimate of drug-likeness (QED) is 0.211. The van der Waals surface area contributed by atoms with Crippen LogP contribution >= 0.6 is 15.9 Å². The summed E-state index contributed by atoms with van der Waals surface area (Å²) in [5.74, 6) is 0. The molecule has 0 radical (unpaired) electrons. The second kappa shape index (κ2) is 9.14. The first-order valence-corrected chi connectivity index (χ1v) is 9.39. The molecular formula is C21H18BrN3O3. The highest BCUT2D eigenvalue weighted by Gasteiger charge is 2.17. The number of halogens is 1. The van der Waals surface area contributed by atoms with Crippen LogP contribution in [-0.2, 0) is 0 Å². The number of rotatable bonds is 7. The summed E-state index contributed by atoms with van der Waals surface area (Å²) >= 11 is 3.40. The fourth-order valence-electron chi connectivity index (χ4n) is 2.87. The van der Waals surface area contributed by atoms with E-state index in [-0.39, 0.29) is 11.7 Å². The average molecular weight is 440 g/mol. The van der Waals surface area contributed by atoms with E-state index in [0.29, 0.717) is 12.1 Å². The van der Waals surface area contributed by atoms with Crippen molar-refractivity contribution in [3.05, 3.63) is 105 Å². The summed E-state index contributed by atoms with van der Waals surface area (Å²) in [6.07, 6.45) is 0.430. The molecule has 0 aliphatic rings. The molecule has 2 N–H and O–H groups in total. The van der Waals surface area contributed by atoms with Crippen LogP contribution in [0.25, 0.3) is 0 Å². The third kappa shape index (κ3) is 4.95. The Labute approximate surface area is 170 Å². The molecule has 3 rings (SSSR count). The average Bonchev–Trinajstić information content (AvgIpc) is 2.73. The van der Waals surface area contributed by atoms with E-state index < -0.39 is 4.92 Å². The molecule has 0 spiro atoms. The Balaban J connectivity index is 1.86. The fourth-order valence-corrected chi connectivity index (χ4v) is 3.13. The van der Waals surface area contributed by atoms with E-state index in [1.807, 2.05) is 54.6 Å². The van der Waals surface area contributed by atoms with Gasteiger partial charge in [-0.15, -0.1) is 0 Å². The lowest BCUT2D eigenvalue weighted by molar-refractivity contribution is -0.384. The molecule has 6 nitrogen and oxygen atoms in total. The molecule has 0 fully saturated rings. The highest BCUT2D eigenvalue weighted by atomic mass is 79.9. The van der Waals surface area contributed by atoms with Gasteiger partial charge in [-0.2, -0.15) is 0 Å². The number of nitro benzene ring substituents is 1. The lowest BCUT2D eigenvalue weighted by atomic mass is 9.97. The number of anilines is 1. The Bertz CT molecular complexity index is 958. The molecule has 0 saturated carbocycles. The van der Waals surface area contributed by atoms with Gasteiger partial charge in [-0.25, -0.2) is 0 Å². The Morgan fingerprint density at radius 1 is 1.04 bits per heavy atom. The minimum Gasteiger partial charge on any atom is -0.411 e. The predicted molar refractivity (Wildman–Crippen MR) is 113 cm³/mol. The number of hydrogen-bond donors (Lipinski definition) is 2. The van der Waals surface area contributed by atoms with E-state index >= 15 is 0 Å². The van der Waals surface area contributed by atoms with Gasteiger partial charge in [-0.05, 0) is 35.4 Å². The molecule has 28 heavy (non-hydrogen) atoms. The molecule has 3 aromatic carbocycles. The fraction of sp³-hybridized carbons (Fsp3) is 0.0952. The molecule has 0 amide bonds. The third-order valence-electron chi connectivity index (χ3n) is 4.32. The van der Waals surface area contributed by atoms with Crippen LogP contribution < -0.4 is 5.32 Å². The largest absolute Gasteiger partial charge is 0.411 e. The normalized spacial score (nSPS) is 12.4. The van der Waals surface area contributed by atoms with Crippen LogP contribution in [0, 0.1) is 10.1 Å². The number of nitro groups is 1.